The van der Waals surface area contributed by atoms with Crippen molar-refractivity contribution >= 4 is 39.9 Å². The highest BCUT2D eigenvalue weighted by atomic mass is 32.2. The molecule has 0 fully saturated rings. The number of hydrogen-bond acceptors (Lipinski definition) is 5. The van der Waals surface area contributed by atoms with Gasteiger partial charge in [0.05, 0.1) is 25.9 Å². The zero-order valence-corrected chi connectivity index (χ0v) is 16.9. The average Bonchev–Trinajstić information content (AvgIpc) is 3.38. The van der Waals surface area contributed by atoms with Crippen LogP contribution in [0.15, 0.2) is 53.0 Å². The van der Waals surface area contributed by atoms with Crippen LogP contribution in [0.25, 0.3) is 21.5 Å². The van der Waals surface area contributed by atoms with Crippen molar-refractivity contribution < 1.29 is 4.79 Å². The van der Waals surface area contributed by atoms with Gasteiger partial charge < -0.3 is 4.90 Å². The number of carbonyl (C=O) groups is 1. The van der Waals surface area contributed by atoms with Gasteiger partial charge in [0.1, 0.15) is 0 Å². The first kappa shape index (κ1) is 17.5. The molecule has 3 aromatic heterocycles. The van der Waals surface area contributed by atoms with E-state index in [0.29, 0.717) is 13.1 Å². The largest absolute Gasteiger partial charge is 0.334 e. The summed E-state index contributed by atoms with van der Waals surface area (Å²) in [6.07, 6.45) is 6.47. The molecule has 7 heteroatoms. The van der Waals surface area contributed by atoms with E-state index in [1.807, 2.05) is 47.7 Å². The van der Waals surface area contributed by atoms with Gasteiger partial charge in [-0.3, -0.25) is 14.9 Å². The SMILES string of the molecule is CSc1sc(-c2ccn[nH]2)c2c1C(=O)N(Cc1ccnc3ccccc13)CC2. The first-order valence-electron chi connectivity index (χ1n) is 9.07. The number of carbonyl (C=O) groups excluding carboxylic acids is 1. The van der Waals surface area contributed by atoms with Gasteiger partial charge in [0, 0.05) is 30.9 Å². The van der Waals surface area contributed by atoms with Crippen LogP contribution in [0, 0.1) is 0 Å². The molecule has 1 amide bonds. The van der Waals surface area contributed by atoms with Gasteiger partial charge in [-0.25, -0.2) is 0 Å². The summed E-state index contributed by atoms with van der Waals surface area (Å²) in [5, 5.41) is 8.23. The summed E-state index contributed by atoms with van der Waals surface area (Å²) >= 11 is 3.32. The Balaban J connectivity index is 1.52. The number of aromatic amines is 1. The Morgan fingerprint density at radius 3 is 2.93 bits per heavy atom. The molecule has 4 aromatic rings. The van der Waals surface area contributed by atoms with Crippen LogP contribution in [-0.2, 0) is 13.0 Å². The summed E-state index contributed by atoms with van der Waals surface area (Å²) in [5.74, 6) is 0.119. The standard InChI is InChI=1S/C21H18N4OS2/c1-27-21-18-15(19(28-21)17-7-10-23-24-17)8-11-25(20(18)26)12-13-6-9-22-16-5-3-2-4-14(13)16/h2-7,9-10H,8,11-12H2,1H3,(H,23,24). The molecule has 0 atom stereocenters. The molecule has 1 N–H and O–H groups in total. The molecule has 0 aliphatic carbocycles. The molecular weight excluding hydrogens is 388 g/mol. The van der Waals surface area contributed by atoms with Crippen molar-refractivity contribution in [3.8, 4) is 10.6 Å². The molecule has 1 aliphatic heterocycles. The molecule has 0 saturated heterocycles. The summed E-state index contributed by atoms with van der Waals surface area (Å²) < 4.78 is 1.08. The van der Waals surface area contributed by atoms with Crippen molar-refractivity contribution in [2.75, 3.05) is 12.8 Å². The molecule has 0 saturated carbocycles. The van der Waals surface area contributed by atoms with Crippen LogP contribution in [0.4, 0.5) is 0 Å². The molecule has 28 heavy (non-hydrogen) atoms. The summed E-state index contributed by atoms with van der Waals surface area (Å²) in [4.78, 5) is 20.9. The Bertz CT molecular complexity index is 1160. The monoisotopic (exact) mass is 406 g/mol. The third-order valence-corrected chi connectivity index (χ3v) is 7.52. The Morgan fingerprint density at radius 2 is 2.11 bits per heavy atom. The average molecular weight is 407 g/mol. The fraction of sp³-hybridized carbons (Fsp3) is 0.190. The van der Waals surface area contributed by atoms with Gasteiger partial charge in [-0.05, 0) is 42.0 Å². The number of aromatic nitrogens is 3. The number of hydrogen-bond donors (Lipinski definition) is 1. The second-order valence-electron chi connectivity index (χ2n) is 6.71. The van der Waals surface area contributed by atoms with Gasteiger partial charge in [0.25, 0.3) is 5.91 Å². The lowest BCUT2D eigenvalue weighted by atomic mass is 9.99. The lowest BCUT2D eigenvalue weighted by Crippen LogP contribution is -2.37. The maximum Gasteiger partial charge on any atom is 0.256 e. The molecule has 4 heterocycles. The van der Waals surface area contributed by atoms with E-state index in [9.17, 15) is 4.79 Å². The van der Waals surface area contributed by atoms with Crippen LogP contribution < -0.4 is 0 Å². The van der Waals surface area contributed by atoms with E-state index in [2.05, 4.69) is 21.2 Å². The van der Waals surface area contributed by atoms with Crippen LogP contribution in [0.3, 0.4) is 0 Å². The lowest BCUT2D eigenvalue weighted by Gasteiger charge is -2.28. The number of rotatable bonds is 4. The minimum absolute atomic E-state index is 0.119. The van der Waals surface area contributed by atoms with Gasteiger partial charge in [-0.1, -0.05) is 18.2 Å². The van der Waals surface area contributed by atoms with Crippen LogP contribution in [-0.4, -0.2) is 38.8 Å². The van der Waals surface area contributed by atoms with Gasteiger partial charge in [0.2, 0.25) is 0 Å². The highest BCUT2D eigenvalue weighted by Crippen LogP contribution is 2.43. The number of benzene rings is 1. The van der Waals surface area contributed by atoms with E-state index in [1.165, 1.54) is 0 Å². The second-order valence-corrected chi connectivity index (χ2v) is 8.81. The molecule has 140 valence electrons. The number of amides is 1. The smallest absolute Gasteiger partial charge is 0.256 e. The van der Waals surface area contributed by atoms with Crippen molar-refractivity contribution in [1.29, 1.82) is 0 Å². The van der Waals surface area contributed by atoms with E-state index in [4.69, 9.17) is 0 Å². The van der Waals surface area contributed by atoms with Crippen molar-refractivity contribution in [1.82, 2.24) is 20.1 Å². The molecular formula is C21H18N4OS2. The van der Waals surface area contributed by atoms with E-state index in [1.54, 1.807) is 29.3 Å². The second kappa shape index (κ2) is 7.07. The van der Waals surface area contributed by atoms with E-state index in [0.717, 1.165) is 48.8 Å². The molecule has 1 aromatic carbocycles. The maximum absolute atomic E-state index is 13.4. The minimum Gasteiger partial charge on any atom is -0.334 e. The normalized spacial score (nSPS) is 13.9. The van der Waals surface area contributed by atoms with Crippen LogP contribution in [0.5, 0.6) is 0 Å². The number of thiophene rings is 1. The minimum atomic E-state index is 0.119. The molecule has 5 rings (SSSR count). The molecule has 5 nitrogen and oxygen atoms in total. The van der Waals surface area contributed by atoms with Gasteiger partial charge in [-0.15, -0.1) is 23.1 Å². The summed E-state index contributed by atoms with van der Waals surface area (Å²) in [7, 11) is 0. The number of nitrogens with one attached hydrogen (secondary N) is 1. The summed E-state index contributed by atoms with van der Waals surface area (Å²) in [6.45, 7) is 1.32. The van der Waals surface area contributed by atoms with Crippen molar-refractivity contribution in [2.24, 2.45) is 0 Å². The molecule has 1 aliphatic rings. The van der Waals surface area contributed by atoms with Gasteiger partial charge in [0.15, 0.2) is 0 Å². The predicted molar refractivity (Wildman–Crippen MR) is 114 cm³/mol. The first-order valence-corrected chi connectivity index (χ1v) is 11.1. The fourth-order valence-corrected chi connectivity index (χ4v) is 5.84. The fourth-order valence-electron chi connectivity index (χ4n) is 3.80. The zero-order chi connectivity index (χ0) is 19.1. The summed E-state index contributed by atoms with van der Waals surface area (Å²) in [6, 6.07) is 12.1. The molecule has 0 bridgehead atoms. The Kier molecular flexibility index (Phi) is 4.41. The lowest BCUT2D eigenvalue weighted by molar-refractivity contribution is 0.0725. The van der Waals surface area contributed by atoms with Crippen molar-refractivity contribution in [3.05, 3.63) is 65.5 Å². The predicted octanol–water partition coefficient (Wildman–Crippen LogP) is 4.61. The molecule has 0 radical (unpaired) electrons. The first-order chi connectivity index (χ1) is 13.8. The number of pyridine rings is 1. The van der Waals surface area contributed by atoms with Crippen molar-refractivity contribution in [2.45, 2.75) is 17.2 Å². The Morgan fingerprint density at radius 1 is 1.21 bits per heavy atom. The topological polar surface area (TPSA) is 61.9 Å². The van der Waals surface area contributed by atoms with Crippen molar-refractivity contribution in [3.63, 3.8) is 0 Å². The zero-order valence-electron chi connectivity index (χ0n) is 15.3. The number of nitrogens with zero attached hydrogens (tertiary/aromatic N) is 3. The number of thioether (sulfide) groups is 1. The third kappa shape index (κ3) is 2.82. The highest BCUT2D eigenvalue weighted by Gasteiger charge is 2.32. The molecule has 0 spiro atoms. The summed E-state index contributed by atoms with van der Waals surface area (Å²) in [5.41, 5.74) is 5.11. The van der Waals surface area contributed by atoms with Gasteiger partial charge >= 0.3 is 0 Å². The number of para-hydroxylation sites is 1. The number of fused-ring (bicyclic) bond motifs is 2. The van der Waals surface area contributed by atoms with Crippen LogP contribution in [0.1, 0.15) is 21.5 Å². The van der Waals surface area contributed by atoms with E-state index in [-0.39, 0.29) is 5.91 Å². The quantitative estimate of drug-likeness (QED) is 0.503. The van der Waals surface area contributed by atoms with Crippen LogP contribution >= 0.6 is 23.1 Å². The molecule has 0 unspecified atom stereocenters. The highest BCUT2D eigenvalue weighted by molar-refractivity contribution is 8.00. The third-order valence-electron chi connectivity index (χ3n) is 5.14. The Hall–Kier alpha value is -2.64. The number of H-pyrrole nitrogens is 1. The van der Waals surface area contributed by atoms with Crippen LogP contribution in [0.2, 0.25) is 0 Å². The maximum atomic E-state index is 13.4. The Labute approximate surface area is 170 Å². The van der Waals surface area contributed by atoms with Gasteiger partial charge in [-0.2, -0.15) is 5.10 Å². The van der Waals surface area contributed by atoms with E-state index < -0.39 is 0 Å². The van der Waals surface area contributed by atoms with E-state index >= 15 is 0 Å².